The topological polar surface area (TPSA) is 42.5 Å². The smallest absolute Gasteiger partial charge is 0.0846 e. The van der Waals surface area contributed by atoms with Crippen molar-refractivity contribution >= 4 is 5.69 Å². The second-order valence-corrected chi connectivity index (χ2v) is 6.09. The maximum atomic E-state index is 5.83. The second kappa shape index (κ2) is 6.77. The van der Waals surface area contributed by atoms with E-state index in [2.05, 4.69) is 34.9 Å². The minimum atomic E-state index is -0.0626. The zero-order valence-electron chi connectivity index (χ0n) is 12.9. The standard InChI is InChI=1S/C17H26N2O2/c1-20-17(8-11-21-12-9-17)13-19-16-7-4-10-18-15-6-3-2-5-14(15)16/h2-3,5-6,16,18-19H,4,7-13H2,1H3. The lowest BCUT2D eigenvalue weighted by Gasteiger charge is -2.37. The van der Waals surface area contributed by atoms with E-state index in [-0.39, 0.29) is 5.60 Å². The molecule has 1 unspecified atom stereocenters. The van der Waals surface area contributed by atoms with Gasteiger partial charge in [0, 0.05) is 58.0 Å². The molecule has 0 bridgehead atoms. The van der Waals surface area contributed by atoms with Gasteiger partial charge >= 0.3 is 0 Å². The van der Waals surface area contributed by atoms with E-state index in [0.717, 1.165) is 39.1 Å². The number of para-hydroxylation sites is 1. The highest BCUT2D eigenvalue weighted by molar-refractivity contribution is 5.53. The molecule has 0 aliphatic carbocycles. The lowest BCUT2D eigenvalue weighted by molar-refractivity contribution is -0.0887. The number of ether oxygens (including phenoxy) is 2. The van der Waals surface area contributed by atoms with Crippen LogP contribution >= 0.6 is 0 Å². The fourth-order valence-electron chi connectivity index (χ4n) is 3.36. The zero-order valence-corrected chi connectivity index (χ0v) is 12.9. The highest BCUT2D eigenvalue weighted by Gasteiger charge is 2.33. The fraction of sp³-hybridized carbons (Fsp3) is 0.647. The van der Waals surface area contributed by atoms with Gasteiger partial charge in [0.05, 0.1) is 5.60 Å². The second-order valence-electron chi connectivity index (χ2n) is 6.09. The molecule has 21 heavy (non-hydrogen) atoms. The van der Waals surface area contributed by atoms with Crippen molar-refractivity contribution < 1.29 is 9.47 Å². The Balaban J connectivity index is 1.69. The molecule has 116 valence electrons. The van der Waals surface area contributed by atoms with Crippen LogP contribution in [0.15, 0.2) is 24.3 Å². The summed E-state index contributed by atoms with van der Waals surface area (Å²) >= 11 is 0. The van der Waals surface area contributed by atoms with E-state index in [4.69, 9.17) is 9.47 Å². The summed E-state index contributed by atoms with van der Waals surface area (Å²) in [4.78, 5) is 0. The Morgan fingerprint density at radius 2 is 2.14 bits per heavy atom. The van der Waals surface area contributed by atoms with Crippen LogP contribution in [0.1, 0.15) is 37.3 Å². The molecule has 0 radical (unpaired) electrons. The van der Waals surface area contributed by atoms with Crippen LogP contribution < -0.4 is 10.6 Å². The predicted octanol–water partition coefficient (Wildman–Crippen LogP) is 2.72. The van der Waals surface area contributed by atoms with Crippen LogP contribution in [-0.4, -0.2) is 39.0 Å². The average Bonchev–Trinajstić information content (AvgIpc) is 2.76. The largest absolute Gasteiger partial charge is 0.385 e. The van der Waals surface area contributed by atoms with Crippen molar-refractivity contribution in [2.75, 3.05) is 38.7 Å². The molecule has 1 fully saturated rings. The van der Waals surface area contributed by atoms with E-state index >= 15 is 0 Å². The van der Waals surface area contributed by atoms with Crippen molar-refractivity contribution in [3.8, 4) is 0 Å². The van der Waals surface area contributed by atoms with E-state index in [1.807, 2.05) is 7.11 Å². The highest BCUT2D eigenvalue weighted by atomic mass is 16.5. The van der Waals surface area contributed by atoms with Gasteiger partial charge in [0.15, 0.2) is 0 Å². The van der Waals surface area contributed by atoms with Crippen molar-refractivity contribution in [1.82, 2.24) is 5.32 Å². The summed E-state index contributed by atoms with van der Waals surface area (Å²) in [6.07, 6.45) is 4.31. The Morgan fingerprint density at radius 1 is 1.33 bits per heavy atom. The molecule has 1 aromatic carbocycles. The number of anilines is 1. The molecule has 0 amide bonds. The summed E-state index contributed by atoms with van der Waals surface area (Å²) in [5, 5.41) is 7.28. The maximum Gasteiger partial charge on any atom is 0.0846 e. The number of benzene rings is 1. The number of hydrogen-bond donors (Lipinski definition) is 2. The first-order chi connectivity index (χ1) is 10.3. The van der Waals surface area contributed by atoms with E-state index in [0.29, 0.717) is 6.04 Å². The molecule has 1 saturated heterocycles. The molecule has 2 aliphatic rings. The third-order valence-electron chi connectivity index (χ3n) is 4.83. The van der Waals surface area contributed by atoms with Gasteiger partial charge in [-0.25, -0.2) is 0 Å². The monoisotopic (exact) mass is 290 g/mol. The summed E-state index contributed by atoms with van der Waals surface area (Å²) in [7, 11) is 1.83. The maximum absolute atomic E-state index is 5.83. The fourth-order valence-corrected chi connectivity index (χ4v) is 3.36. The zero-order chi connectivity index (χ0) is 14.5. The first-order valence-electron chi connectivity index (χ1n) is 8.02. The first kappa shape index (κ1) is 14.8. The Bertz CT molecular complexity index is 458. The Hall–Kier alpha value is -1.10. The van der Waals surface area contributed by atoms with Gasteiger partial charge in [-0.3, -0.25) is 0 Å². The molecule has 4 nitrogen and oxygen atoms in total. The van der Waals surface area contributed by atoms with Crippen molar-refractivity contribution in [2.45, 2.75) is 37.3 Å². The van der Waals surface area contributed by atoms with Crippen LogP contribution in [0.3, 0.4) is 0 Å². The summed E-state index contributed by atoms with van der Waals surface area (Å²) in [6.45, 7) is 3.56. The summed E-state index contributed by atoms with van der Waals surface area (Å²) in [5.41, 5.74) is 2.59. The summed E-state index contributed by atoms with van der Waals surface area (Å²) < 4.78 is 11.3. The van der Waals surface area contributed by atoms with Crippen LogP contribution in [0.2, 0.25) is 0 Å². The van der Waals surface area contributed by atoms with E-state index in [1.165, 1.54) is 24.1 Å². The molecule has 2 aliphatic heterocycles. The molecule has 0 aromatic heterocycles. The third-order valence-corrected chi connectivity index (χ3v) is 4.83. The van der Waals surface area contributed by atoms with Crippen molar-refractivity contribution in [3.63, 3.8) is 0 Å². The van der Waals surface area contributed by atoms with E-state index < -0.39 is 0 Å². The van der Waals surface area contributed by atoms with Gasteiger partial charge in [0.1, 0.15) is 0 Å². The molecule has 1 aromatic rings. The van der Waals surface area contributed by atoms with Crippen LogP contribution in [-0.2, 0) is 9.47 Å². The third kappa shape index (κ3) is 3.39. The van der Waals surface area contributed by atoms with E-state index in [9.17, 15) is 0 Å². The van der Waals surface area contributed by atoms with E-state index in [1.54, 1.807) is 0 Å². The van der Waals surface area contributed by atoms with Gasteiger partial charge in [-0.05, 0) is 24.5 Å². The number of hydrogen-bond acceptors (Lipinski definition) is 4. The molecule has 1 atom stereocenters. The normalized spacial score (nSPS) is 24.7. The highest BCUT2D eigenvalue weighted by Crippen LogP contribution is 2.31. The number of fused-ring (bicyclic) bond motifs is 1. The molecule has 0 saturated carbocycles. The average molecular weight is 290 g/mol. The lowest BCUT2D eigenvalue weighted by atomic mass is 9.92. The molecule has 0 spiro atoms. The molecule has 2 N–H and O–H groups in total. The lowest BCUT2D eigenvalue weighted by Crippen LogP contribution is -2.47. The first-order valence-corrected chi connectivity index (χ1v) is 8.02. The number of methoxy groups -OCH3 is 1. The number of rotatable bonds is 4. The summed E-state index contributed by atoms with van der Waals surface area (Å²) in [6, 6.07) is 9.04. The van der Waals surface area contributed by atoms with Gasteiger partial charge in [-0.15, -0.1) is 0 Å². The van der Waals surface area contributed by atoms with Gasteiger partial charge in [0.2, 0.25) is 0 Å². The predicted molar refractivity (Wildman–Crippen MR) is 84.7 cm³/mol. The van der Waals surface area contributed by atoms with Gasteiger partial charge in [-0.1, -0.05) is 18.2 Å². The van der Waals surface area contributed by atoms with Gasteiger partial charge < -0.3 is 20.1 Å². The van der Waals surface area contributed by atoms with Crippen LogP contribution in [0.5, 0.6) is 0 Å². The SMILES string of the molecule is COC1(CNC2CCCNc3ccccc32)CCOCC1. The molecule has 4 heteroatoms. The van der Waals surface area contributed by atoms with Gasteiger partial charge in [0.25, 0.3) is 0 Å². The quantitative estimate of drug-likeness (QED) is 0.895. The molecular weight excluding hydrogens is 264 g/mol. The van der Waals surface area contributed by atoms with Crippen LogP contribution in [0.25, 0.3) is 0 Å². The molecule has 2 heterocycles. The van der Waals surface area contributed by atoms with Gasteiger partial charge in [-0.2, -0.15) is 0 Å². The molecule has 3 rings (SSSR count). The minimum absolute atomic E-state index is 0.0626. The van der Waals surface area contributed by atoms with Crippen molar-refractivity contribution in [2.24, 2.45) is 0 Å². The van der Waals surface area contributed by atoms with Crippen molar-refractivity contribution in [3.05, 3.63) is 29.8 Å². The molecular formula is C17H26N2O2. The van der Waals surface area contributed by atoms with Crippen LogP contribution in [0.4, 0.5) is 5.69 Å². The number of nitrogens with one attached hydrogen (secondary N) is 2. The van der Waals surface area contributed by atoms with Crippen molar-refractivity contribution in [1.29, 1.82) is 0 Å². The summed E-state index contributed by atoms with van der Waals surface area (Å²) in [5.74, 6) is 0. The Morgan fingerprint density at radius 3 is 2.95 bits per heavy atom. The minimum Gasteiger partial charge on any atom is -0.385 e. The van der Waals surface area contributed by atoms with Crippen LogP contribution in [0, 0.1) is 0 Å². The Kier molecular flexibility index (Phi) is 4.78. The Labute approximate surface area is 127 Å².